The lowest BCUT2D eigenvalue weighted by Crippen LogP contribution is -2.47. The highest BCUT2D eigenvalue weighted by Gasteiger charge is 2.50. The molecule has 6 heteroatoms. The molecule has 1 fully saturated rings. The summed E-state index contributed by atoms with van der Waals surface area (Å²) in [6, 6.07) is 17.0. The Morgan fingerprint density at radius 2 is 1.91 bits per heavy atom. The molecule has 0 amide bonds. The average Bonchev–Trinajstić information content (AvgIpc) is 3.07. The van der Waals surface area contributed by atoms with E-state index in [2.05, 4.69) is 47.3 Å². The molecule has 1 saturated carbocycles. The fourth-order valence-electron chi connectivity index (χ4n) is 6.34. The zero-order valence-electron chi connectivity index (χ0n) is 21.0. The van der Waals surface area contributed by atoms with E-state index in [4.69, 9.17) is 14.5 Å². The third kappa shape index (κ3) is 5.14. The van der Waals surface area contributed by atoms with Gasteiger partial charge in [0.25, 0.3) is 0 Å². The predicted octanol–water partition coefficient (Wildman–Crippen LogP) is 5.20. The summed E-state index contributed by atoms with van der Waals surface area (Å²) in [6.07, 6.45) is 7.14. The summed E-state index contributed by atoms with van der Waals surface area (Å²) in [5, 5.41) is 0. The third-order valence-corrected chi connectivity index (χ3v) is 7.97. The van der Waals surface area contributed by atoms with Crippen molar-refractivity contribution in [1.29, 1.82) is 0 Å². The normalized spacial score (nSPS) is 23.4. The number of aryl methyl sites for hydroxylation is 1. The largest absolute Gasteiger partial charge is 0.457 e. The number of ether oxygens (including phenoxy) is 2. The first-order chi connectivity index (χ1) is 17.1. The number of fused-ring (bicyclic) bond motifs is 4. The number of aromatic nitrogens is 2. The maximum Gasteiger partial charge on any atom is 0.332 e. The number of nitrogens with zero attached hydrogens (tertiary/aromatic N) is 2. The quantitative estimate of drug-likeness (QED) is 0.408. The van der Waals surface area contributed by atoms with Crippen molar-refractivity contribution in [2.24, 2.45) is 0 Å². The van der Waals surface area contributed by atoms with Crippen LogP contribution in [-0.2, 0) is 20.7 Å². The van der Waals surface area contributed by atoms with Crippen LogP contribution in [0.3, 0.4) is 0 Å². The van der Waals surface area contributed by atoms with Crippen molar-refractivity contribution in [1.82, 2.24) is 14.9 Å². The first kappa shape index (κ1) is 24.0. The number of hydrogen-bond acceptors (Lipinski definition) is 5. The molecule has 6 nitrogen and oxygen atoms in total. The second-order valence-corrected chi connectivity index (χ2v) is 10.3. The van der Waals surface area contributed by atoms with Gasteiger partial charge in [0.05, 0.1) is 11.0 Å². The highest BCUT2D eigenvalue weighted by molar-refractivity contribution is 5.74. The lowest BCUT2D eigenvalue weighted by atomic mass is 9.67. The molecule has 2 bridgehead atoms. The first-order valence-corrected chi connectivity index (χ1v) is 13.0. The molecule has 0 saturated heterocycles. The summed E-state index contributed by atoms with van der Waals surface area (Å²) < 4.78 is 11.5. The Morgan fingerprint density at radius 3 is 2.74 bits per heavy atom. The minimum absolute atomic E-state index is 0.00806. The van der Waals surface area contributed by atoms with E-state index in [0.717, 1.165) is 62.1 Å². The second kappa shape index (κ2) is 10.5. The number of esters is 1. The van der Waals surface area contributed by atoms with Crippen LogP contribution in [0.15, 0.2) is 48.5 Å². The Kier molecular flexibility index (Phi) is 7.21. The zero-order chi connectivity index (χ0) is 24.3. The van der Waals surface area contributed by atoms with Crippen molar-refractivity contribution in [2.75, 3.05) is 33.9 Å². The summed E-state index contributed by atoms with van der Waals surface area (Å²) in [6.45, 7) is 1.88. The monoisotopic (exact) mass is 475 g/mol. The lowest BCUT2D eigenvalue weighted by molar-refractivity contribution is -0.170. The summed E-state index contributed by atoms with van der Waals surface area (Å²) in [5.74, 6) is 1.51. The van der Waals surface area contributed by atoms with Crippen molar-refractivity contribution in [2.45, 2.75) is 62.4 Å². The minimum Gasteiger partial charge on any atom is -0.457 e. The minimum atomic E-state index is -0.460. The standard InChI is InChI=1S/C29H37N3O3/c1-32(17-8-15-27-30-25-13-5-6-14-26(25)31-27)18-16-29(35-28(33)20-34-2)19-21-9-7-12-24(29)23-11-4-3-10-22(21)23/h3-6,10-11,13-14,21,24H,7-9,12,15-20H2,1-2H3,(H,30,31)/t21-,24-,29+/m1/s1. The van der Waals surface area contributed by atoms with Crippen molar-refractivity contribution < 1.29 is 14.3 Å². The van der Waals surface area contributed by atoms with Gasteiger partial charge in [0.2, 0.25) is 0 Å². The molecule has 3 aromatic rings. The van der Waals surface area contributed by atoms with E-state index >= 15 is 0 Å². The number of para-hydroxylation sites is 2. The van der Waals surface area contributed by atoms with Gasteiger partial charge in [-0.25, -0.2) is 9.78 Å². The number of rotatable bonds is 10. The number of carbonyl (C=O) groups excluding carboxylic acids is 1. The van der Waals surface area contributed by atoms with Gasteiger partial charge in [-0.3, -0.25) is 0 Å². The number of hydrogen-bond donors (Lipinski definition) is 1. The van der Waals surface area contributed by atoms with E-state index < -0.39 is 5.60 Å². The van der Waals surface area contributed by atoms with Crippen LogP contribution in [0.1, 0.15) is 67.3 Å². The van der Waals surface area contributed by atoms with Crippen molar-refractivity contribution in [3.05, 3.63) is 65.5 Å². The molecule has 6 rings (SSSR count). The van der Waals surface area contributed by atoms with Crippen LogP contribution in [0.2, 0.25) is 0 Å². The second-order valence-electron chi connectivity index (χ2n) is 10.3. The molecular weight excluding hydrogens is 438 g/mol. The third-order valence-electron chi connectivity index (χ3n) is 7.97. The van der Waals surface area contributed by atoms with E-state index in [-0.39, 0.29) is 18.5 Å². The summed E-state index contributed by atoms with van der Waals surface area (Å²) in [7, 11) is 3.73. The van der Waals surface area contributed by atoms with Crippen LogP contribution in [0, 0.1) is 0 Å². The highest BCUT2D eigenvalue weighted by atomic mass is 16.6. The number of nitrogens with one attached hydrogen (secondary N) is 1. The van der Waals surface area contributed by atoms with Crippen LogP contribution in [0.4, 0.5) is 0 Å². The van der Waals surface area contributed by atoms with E-state index in [1.54, 1.807) is 7.11 Å². The van der Waals surface area contributed by atoms with Gasteiger partial charge in [0.15, 0.2) is 0 Å². The van der Waals surface area contributed by atoms with Crippen LogP contribution in [0.25, 0.3) is 11.0 Å². The molecule has 1 aromatic heterocycles. The number of benzene rings is 2. The molecule has 3 aliphatic carbocycles. The number of aromatic amines is 1. The molecule has 35 heavy (non-hydrogen) atoms. The lowest BCUT2D eigenvalue weighted by Gasteiger charge is -2.46. The SMILES string of the molecule is COCC(=O)O[C@@]1(CCN(C)CCCc2nc3ccccc3[nH]2)C[C@H]2CCC[C@@H]1c1ccccc12. The van der Waals surface area contributed by atoms with Crippen molar-refractivity contribution in [3.8, 4) is 0 Å². The Hall–Kier alpha value is -2.70. The van der Waals surface area contributed by atoms with Gasteiger partial charge in [-0.05, 0) is 68.5 Å². The average molecular weight is 476 g/mol. The maximum absolute atomic E-state index is 12.7. The van der Waals surface area contributed by atoms with Gasteiger partial charge < -0.3 is 19.4 Å². The van der Waals surface area contributed by atoms with Gasteiger partial charge in [0.1, 0.15) is 18.0 Å². The van der Waals surface area contributed by atoms with Gasteiger partial charge in [-0.1, -0.05) is 42.8 Å². The Labute approximate surface area is 208 Å². The fraction of sp³-hybridized carbons (Fsp3) is 0.517. The van der Waals surface area contributed by atoms with Gasteiger partial charge >= 0.3 is 5.97 Å². The summed E-state index contributed by atoms with van der Waals surface area (Å²) in [4.78, 5) is 23.2. The number of methoxy groups -OCH3 is 1. The van der Waals surface area contributed by atoms with Gasteiger partial charge in [-0.2, -0.15) is 0 Å². The van der Waals surface area contributed by atoms with Gasteiger partial charge in [-0.15, -0.1) is 0 Å². The fourth-order valence-corrected chi connectivity index (χ4v) is 6.34. The first-order valence-electron chi connectivity index (χ1n) is 13.0. The van der Waals surface area contributed by atoms with Crippen molar-refractivity contribution in [3.63, 3.8) is 0 Å². The molecule has 0 unspecified atom stereocenters. The van der Waals surface area contributed by atoms with Gasteiger partial charge in [0, 0.05) is 32.4 Å². The zero-order valence-corrected chi connectivity index (χ0v) is 21.0. The van der Waals surface area contributed by atoms with Crippen LogP contribution >= 0.6 is 0 Å². The Balaban J connectivity index is 1.25. The number of imidazole rings is 1. The van der Waals surface area contributed by atoms with Crippen LogP contribution in [0.5, 0.6) is 0 Å². The molecule has 186 valence electrons. The van der Waals surface area contributed by atoms with E-state index in [0.29, 0.717) is 5.92 Å². The van der Waals surface area contributed by atoms with E-state index in [9.17, 15) is 4.79 Å². The molecular formula is C29H37N3O3. The molecule has 0 spiro atoms. The number of H-pyrrole nitrogens is 1. The topological polar surface area (TPSA) is 67.5 Å². The smallest absolute Gasteiger partial charge is 0.332 e. The predicted molar refractivity (Wildman–Crippen MR) is 138 cm³/mol. The molecule has 1 N–H and O–H groups in total. The maximum atomic E-state index is 12.7. The molecule has 1 heterocycles. The Bertz CT molecular complexity index is 1130. The Morgan fingerprint density at radius 1 is 1.11 bits per heavy atom. The molecule has 0 aliphatic heterocycles. The molecule has 3 aliphatic rings. The summed E-state index contributed by atoms with van der Waals surface area (Å²) in [5.41, 5.74) is 4.52. The van der Waals surface area contributed by atoms with Crippen LogP contribution in [-0.4, -0.2) is 60.3 Å². The number of carbonyl (C=O) groups is 1. The van der Waals surface area contributed by atoms with E-state index in [1.807, 2.05) is 18.2 Å². The molecule has 2 aromatic carbocycles. The van der Waals surface area contributed by atoms with Crippen molar-refractivity contribution >= 4 is 17.0 Å². The van der Waals surface area contributed by atoms with E-state index in [1.165, 1.54) is 24.0 Å². The molecule has 0 radical (unpaired) electrons. The van der Waals surface area contributed by atoms with Crippen LogP contribution < -0.4 is 0 Å². The highest BCUT2D eigenvalue weighted by Crippen LogP contribution is 2.55. The molecule has 3 atom stereocenters. The summed E-state index contributed by atoms with van der Waals surface area (Å²) >= 11 is 0.